The highest BCUT2D eigenvalue weighted by molar-refractivity contribution is 7.92. The lowest BCUT2D eigenvalue weighted by Crippen LogP contribution is -2.52. The fourth-order valence-corrected chi connectivity index (χ4v) is 5.63. The summed E-state index contributed by atoms with van der Waals surface area (Å²) in [4.78, 5) is 28.7. The number of methoxy groups -OCH3 is 1. The molecule has 0 radical (unpaired) electrons. The molecule has 0 aromatic heterocycles. The van der Waals surface area contributed by atoms with Gasteiger partial charge in [0.05, 0.1) is 24.3 Å². The second-order valence-corrected chi connectivity index (χ2v) is 12.0. The Kier molecular flexibility index (Phi) is 11.4. The number of anilines is 1. The highest BCUT2D eigenvalue weighted by Gasteiger charge is 2.32. The quantitative estimate of drug-likeness (QED) is 0.283. The molecular weight excluding hydrogens is 554 g/mol. The van der Waals surface area contributed by atoms with Gasteiger partial charge < -0.3 is 19.7 Å². The van der Waals surface area contributed by atoms with Crippen LogP contribution in [0.4, 0.5) is 5.69 Å². The number of carbonyl (C=O) groups excluding carboxylic acids is 2. The first-order valence-corrected chi connectivity index (χ1v) is 15.5. The monoisotopic (exact) mass is 595 g/mol. The van der Waals surface area contributed by atoms with Crippen LogP contribution in [-0.2, 0) is 26.2 Å². The molecule has 0 fully saturated rings. The number of amides is 2. The highest BCUT2D eigenvalue weighted by Crippen LogP contribution is 2.27. The van der Waals surface area contributed by atoms with Gasteiger partial charge in [-0.1, -0.05) is 36.8 Å². The van der Waals surface area contributed by atoms with Crippen molar-refractivity contribution in [3.05, 3.63) is 83.9 Å². The molecule has 0 aliphatic carbocycles. The summed E-state index contributed by atoms with van der Waals surface area (Å²) in [6, 6.07) is 19.2. The number of rotatable bonds is 14. The van der Waals surface area contributed by atoms with E-state index in [9.17, 15) is 18.0 Å². The van der Waals surface area contributed by atoms with Gasteiger partial charge in [-0.25, -0.2) is 8.42 Å². The normalized spacial score (nSPS) is 12.6. The molecule has 10 heteroatoms. The molecule has 2 amide bonds. The lowest BCUT2D eigenvalue weighted by atomic mass is 10.1. The largest absolute Gasteiger partial charge is 0.497 e. The van der Waals surface area contributed by atoms with Gasteiger partial charge in [0.2, 0.25) is 11.8 Å². The predicted molar refractivity (Wildman–Crippen MR) is 164 cm³/mol. The van der Waals surface area contributed by atoms with Crippen molar-refractivity contribution in [2.24, 2.45) is 0 Å². The molecule has 0 spiro atoms. The Bertz CT molecular complexity index is 1420. The first kappa shape index (κ1) is 32.5. The standard InChI is InChI=1S/C32H41N3O6S/c1-7-24(4)33-32(37)25(5)34(21-26-11-15-28(40-6)16-12-26)31(36)22-35(27-13-17-29(18-14-27)41-8-2)42(38,39)30-19-9-23(3)10-20-30/h9-20,24-25H,7-8,21-22H2,1-6H3,(H,33,37)/t24-,25+/m1/s1. The lowest BCUT2D eigenvalue weighted by Gasteiger charge is -2.32. The first-order chi connectivity index (χ1) is 20.0. The molecule has 0 heterocycles. The number of sulfonamides is 1. The van der Waals surface area contributed by atoms with E-state index in [1.54, 1.807) is 62.6 Å². The maximum Gasteiger partial charge on any atom is 0.264 e. The molecule has 42 heavy (non-hydrogen) atoms. The van der Waals surface area contributed by atoms with Gasteiger partial charge in [-0.15, -0.1) is 0 Å². The van der Waals surface area contributed by atoms with Crippen LogP contribution in [0, 0.1) is 6.92 Å². The molecule has 3 rings (SSSR count). The van der Waals surface area contributed by atoms with Crippen molar-refractivity contribution in [2.75, 3.05) is 24.6 Å². The van der Waals surface area contributed by atoms with Crippen molar-refractivity contribution in [3.8, 4) is 11.5 Å². The number of benzene rings is 3. The summed E-state index contributed by atoms with van der Waals surface area (Å²) in [5.41, 5.74) is 1.97. The molecule has 3 aromatic carbocycles. The van der Waals surface area contributed by atoms with E-state index in [0.29, 0.717) is 23.8 Å². The Morgan fingerprint density at radius 2 is 1.48 bits per heavy atom. The molecule has 0 saturated heterocycles. The summed E-state index contributed by atoms with van der Waals surface area (Å²) in [5.74, 6) is 0.393. The number of hydrogen-bond donors (Lipinski definition) is 1. The molecule has 0 unspecified atom stereocenters. The van der Waals surface area contributed by atoms with Crippen LogP contribution in [0.25, 0.3) is 0 Å². The van der Waals surface area contributed by atoms with Gasteiger partial charge in [0.1, 0.15) is 24.1 Å². The molecule has 9 nitrogen and oxygen atoms in total. The summed E-state index contributed by atoms with van der Waals surface area (Å²) in [6.07, 6.45) is 0.727. The van der Waals surface area contributed by atoms with Crippen molar-refractivity contribution < 1.29 is 27.5 Å². The van der Waals surface area contributed by atoms with Gasteiger partial charge in [-0.3, -0.25) is 13.9 Å². The van der Waals surface area contributed by atoms with Gasteiger partial charge in [0.15, 0.2) is 0 Å². The maximum absolute atomic E-state index is 14.0. The van der Waals surface area contributed by atoms with E-state index in [2.05, 4.69) is 5.32 Å². The lowest BCUT2D eigenvalue weighted by molar-refractivity contribution is -0.139. The number of nitrogens with zero attached hydrogens (tertiary/aromatic N) is 2. The number of nitrogens with one attached hydrogen (secondary N) is 1. The fourth-order valence-electron chi connectivity index (χ4n) is 4.22. The minimum Gasteiger partial charge on any atom is -0.497 e. The third-order valence-corrected chi connectivity index (χ3v) is 8.79. The minimum atomic E-state index is -4.15. The molecule has 1 N–H and O–H groups in total. The van der Waals surface area contributed by atoms with E-state index in [1.165, 1.54) is 17.0 Å². The van der Waals surface area contributed by atoms with E-state index in [-0.39, 0.29) is 23.4 Å². The summed E-state index contributed by atoms with van der Waals surface area (Å²) < 4.78 is 39.8. The zero-order valence-electron chi connectivity index (χ0n) is 25.2. The van der Waals surface area contributed by atoms with Crippen molar-refractivity contribution >= 4 is 27.5 Å². The van der Waals surface area contributed by atoms with Crippen LogP contribution < -0.4 is 19.1 Å². The van der Waals surface area contributed by atoms with Crippen LogP contribution in [0.2, 0.25) is 0 Å². The van der Waals surface area contributed by atoms with Gasteiger partial charge in [-0.05, 0) is 88.2 Å². The third-order valence-electron chi connectivity index (χ3n) is 7.00. The van der Waals surface area contributed by atoms with Crippen molar-refractivity contribution in [3.63, 3.8) is 0 Å². The van der Waals surface area contributed by atoms with Crippen LogP contribution in [-0.4, -0.2) is 57.5 Å². The average Bonchev–Trinajstić information content (AvgIpc) is 2.99. The Balaban J connectivity index is 2.02. The van der Waals surface area contributed by atoms with Crippen LogP contribution in [0.3, 0.4) is 0 Å². The Hall–Kier alpha value is -4.05. The molecule has 0 saturated carbocycles. The highest BCUT2D eigenvalue weighted by atomic mass is 32.2. The van der Waals surface area contributed by atoms with E-state index in [0.717, 1.165) is 21.9 Å². The SMILES string of the molecule is CCOc1ccc(N(CC(=O)N(Cc2ccc(OC)cc2)[C@@H](C)C(=O)N[C@H](C)CC)S(=O)(=O)c2ccc(C)cc2)cc1. The molecular formula is C32H41N3O6S. The minimum absolute atomic E-state index is 0.0547. The van der Waals surface area contributed by atoms with Crippen molar-refractivity contribution in [1.82, 2.24) is 10.2 Å². The van der Waals surface area contributed by atoms with E-state index in [1.807, 2.05) is 39.8 Å². The van der Waals surface area contributed by atoms with Crippen LogP contribution in [0.1, 0.15) is 45.2 Å². The topological polar surface area (TPSA) is 105 Å². The molecule has 0 aliphatic heterocycles. The van der Waals surface area contributed by atoms with Gasteiger partial charge in [0, 0.05) is 12.6 Å². The third kappa shape index (κ3) is 8.25. The van der Waals surface area contributed by atoms with Crippen LogP contribution in [0.15, 0.2) is 77.7 Å². The van der Waals surface area contributed by atoms with Gasteiger partial charge in [-0.2, -0.15) is 0 Å². The number of ether oxygens (including phenoxy) is 2. The van der Waals surface area contributed by atoms with Crippen molar-refractivity contribution in [1.29, 1.82) is 0 Å². The number of carbonyl (C=O) groups is 2. The average molecular weight is 596 g/mol. The molecule has 0 bridgehead atoms. The van der Waals surface area contributed by atoms with E-state index < -0.39 is 28.5 Å². The van der Waals surface area contributed by atoms with E-state index >= 15 is 0 Å². The molecule has 2 atom stereocenters. The van der Waals surface area contributed by atoms with Gasteiger partial charge >= 0.3 is 0 Å². The van der Waals surface area contributed by atoms with Crippen LogP contribution >= 0.6 is 0 Å². The van der Waals surface area contributed by atoms with E-state index in [4.69, 9.17) is 9.47 Å². The zero-order valence-corrected chi connectivity index (χ0v) is 26.0. The molecule has 226 valence electrons. The second kappa shape index (κ2) is 14.7. The maximum atomic E-state index is 14.0. The summed E-state index contributed by atoms with van der Waals surface area (Å²) in [7, 11) is -2.58. The predicted octanol–water partition coefficient (Wildman–Crippen LogP) is 4.93. The van der Waals surface area contributed by atoms with Crippen LogP contribution in [0.5, 0.6) is 11.5 Å². The number of hydrogen-bond acceptors (Lipinski definition) is 6. The van der Waals surface area contributed by atoms with Crippen molar-refractivity contribution in [2.45, 2.75) is 64.6 Å². The number of aryl methyl sites for hydroxylation is 1. The van der Waals surface area contributed by atoms with Gasteiger partial charge in [0.25, 0.3) is 10.0 Å². The summed E-state index contributed by atoms with van der Waals surface area (Å²) >= 11 is 0. The fraction of sp³-hybridized carbons (Fsp3) is 0.375. The molecule has 0 aliphatic rings. The molecule has 3 aromatic rings. The second-order valence-electron chi connectivity index (χ2n) is 10.1. The summed E-state index contributed by atoms with van der Waals surface area (Å²) in [5, 5.41) is 2.93. The summed E-state index contributed by atoms with van der Waals surface area (Å²) in [6.45, 7) is 9.27. The smallest absolute Gasteiger partial charge is 0.264 e. The Morgan fingerprint density at radius 1 is 0.881 bits per heavy atom. The Labute approximate surface area is 249 Å². The first-order valence-electron chi connectivity index (χ1n) is 14.0. The zero-order chi connectivity index (χ0) is 30.9. The Morgan fingerprint density at radius 3 is 2.02 bits per heavy atom.